The number of carbonyl (C=O) groups is 1. The fourth-order valence-corrected chi connectivity index (χ4v) is 2.74. The maximum absolute atomic E-state index is 11.9. The number of amides is 1. The molecule has 1 aliphatic heterocycles. The highest BCUT2D eigenvalue weighted by Crippen LogP contribution is 2.20. The number of para-hydroxylation sites is 1. The van der Waals surface area contributed by atoms with Crippen LogP contribution in [0.5, 0.6) is 0 Å². The van der Waals surface area contributed by atoms with Gasteiger partial charge >= 0.3 is 0 Å². The third kappa shape index (κ3) is 4.80. The molecule has 1 aromatic carbocycles. The second kappa shape index (κ2) is 8.28. The molecule has 0 unspecified atom stereocenters. The molecule has 0 bridgehead atoms. The van der Waals surface area contributed by atoms with Gasteiger partial charge in [-0.15, -0.1) is 11.6 Å². The Balaban J connectivity index is 1.91. The maximum atomic E-state index is 11.9. The fourth-order valence-electron chi connectivity index (χ4n) is 2.55. The Morgan fingerprint density at radius 1 is 1.20 bits per heavy atom. The summed E-state index contributed by atoms with van der Waals surface area (Å²) in [7, 11) is 0. The average molecular weight is 295 g/mol. The van der Waals surface area contributed by atoms with E-state index in [1.807, 2.05) is 18.2 Å². The maximum Gasteiger partial charge on any atom is 0.224 e. The SMILES string of the molecule is O=C(CCCCCl)Nc1ccccc1CN1CCCC1. The van der Waals surface area contributed by atoms with Crippen LogP contribution in [0.1, 0.15) is 37.7 Å². The number of likely N-dealkylation sites (tertiary alicyclic amines) is 1. The third-order valence-electron chi connectivity index (χ3n) is 3.67. The van der Waals surface area contributed by atoms with Gasteiger partial charge in [-0.05, 0) is 50.4 Å². The minimum Gasteiger partial charge on any atom is -0.326 e. The summed E-state index contributed by atoms with van der Waals surface area (Å²) >= 11 is 5.63. The van der Waals surface area contributed by atoms with Gasteiger partial charge in [0.1, 0.15) is 0 Å². The van der Waals surface area contributed by atoms with Crippen molar-refractivity contribution in [3.8, 4) is 0 Å². The van der Waals surface area contributed by atoms with Crippen LogP contribution >= 0.6 is 11.6 Å². The highest BCUT2D eigenvalue weighted by Gasteiger charge is 2.14. The van der Waals surface area contributed by atoms with E-state index in [0.717, 1.165) is 38.2 Å². The van der Waals surface area contributed by atoms with Gasteiger partial charge in [-0.25, -0.2) is 0 Å². The standard InChI is InChI=1S/C16H23ClN2O/c17-10-4-3-9-16(20)18-15-8-2-1-7-14(15)13-19-11-5-6-12-19/h1-2,7-8H,3-6,9-13H2,(H,18,20). The van der Waals surface area contributed by atoms with Gasteiger partial charge < -0.3 is 5.32 Å². The van der Waals surface area contributed by atoms with Crippen molar-refractivity contribution < 1.29 is 4.79 Å². The quantitative estimate of drug-likeness (QED) is 0.615. The molecule has 0 aromatic heterocycles. The van der Waals surface area contributed by atoms with Crippen molar-refractivity contribution in [2.45, 2.75) is 38.6 Å². The molecule has 2 rings (SSSR count). The molecule has 0 radical (unpaired) electrons. The molecule has 0 saturated carbocycles. The summed E-state index contributed by atoms with van der Waals surface area (Å²) in [5, 5.41) is 3.03. The van der Waals surface area contributed by atoms with Crippen molar-refractivity contribution >= 4 is 23.2 Å². The zero-order valence-corrected chi connectivity index (χ0v) is 12.7. The Bertz CT molecular complexity index is 430. The minimum absolute atomic E-state index is 0.0870. The highest BCUT2D eigenvalue weighted by molar-refractivity contribution is 6.17. The van der Waals surface area contributed by atoms with Crippen LogP contribution in [-0.4, -0.2) is 29.8 Å². The number of rotatable bonds is 7. The molecule has 1 heterocycles. The summed E-state index contributed by atoms with van der Waals surface area (Å²) < 4.78 is 0. The second-order valence-electron chi connectivity index (χ2n) is 5.33. The topological polar surface area (TPSA) is 32.3 Å². The van der Waals surface area contributed by atoms with Crippen molar-refractivity contribution in [1.29, 1.82) is 0 Å². The van der Waals surface area contributed by atoms with Gasteiger partial charge in [0.05, 0.1) is 0 Å². The number of benzene rings is 1. The van der Waals surface area contributed by atoms with E-state index in [-0.39, 0.29) is 5.91 Å². The lowest BCUT2D eigenvalue weighted by Crippen LogP contribution is -2.20. The van der Waals surface area contributed by atoms with Gasteiger partial charge in [0.25, 0.3) is 0 Å². The van der Waals surface area contributed by atoms with Crippen LogP contribution in [0.15, 0.2) is 24.3 Å². The first-order valence-electron chi connectivity index (χ1n) is 7.45. The summed E-state index contributed by atoms with van der Waals surface area (Å²) in [4.78, 5) is 14.4. The van der Waals surface area contributed by atoms with Crippen LogP contribution in [-0.2, 0) is 11.3 Å². The fraction of sp³-hybridized carbons (Fsp3) is 0.562. The number of hydrogen-bond donors (Lipinski definition) is 1. The Morgan fingerprint density at radius 2 is 1.95 bits per heavy atom. The average Bonchev–Trinajstić information content (AvgIpc) is 2.94. The molecule has 1 aromatic rings. The van der Waals surface area contributed by atoms with Crippen LogP contribution < -0.4 is 5.32 Å². The van der Waals surface area contributed by atoms with E-state index in [9.17, 15) is 4.79 Å². The number of hydrogen-bond acceptors (Lipinski definition) is 2. The molecule has 4 heteroatoms. The number of anilines is 1. The first kappa shape index (κ1) is 15.3. The van der Waals surface area contributed by atoms with Crippen molar-refractivity contribution in [1.82, 2.24) is 4.90 Å². The summed E-state index contributed by atoms with van der Waals surface area (Å²) in [6.07, 6.45) is 4.86. The van der Waals surface area contributed by atoms with E-state index in [1.165, 1.54) is 18.4 Å². The minimum atomic E-state index is 0.0870. The number of nitrogens with one attached hydrogen (secondary N) is 1. The molecule has 1 aliphatic rings. The molecule has 0 aliphatic carbocycles. The van der Waals surface area contributed by atoms with Crippen molar-refractivity contribution in [2.75, 3.05) is 24.3 Å². The van der Waals surface area contributed by atoms with Crippen LogP contribution in [0.25, 0.3) is 0 Å². The van der Waals surface area contributed by atoms with Gasteiger partial charge in [-0.3, -0.25) is 9.69 Å². The summed E-state index contributed by atoms with van der Waals surface area (Å²) in [5.41, 5.74) is 2.16. The molecule has 20 heavy (non-hydrogen) atoms. The van der Waals surface area contributed by atoms with Gasteiger partial charge in [-0.1, -0.05) is 18.2 Å². The lowest BCUT2D eigenvalue weighted by Gasteiger charge is -2.17. The Labute approximate surface area is 126 Å². The Hall–Kier alpha value is -1.06. The molecule has 3 nitrogen and oxygen atoms in total. The van der Waals surface area contributed by atoms with Crippen LogP contribution in [0, 0.1) is 0 Å². The summed E-state index contributed by atoms with van der Waals surface area (Å²) in [6.45, 7) is 3.26. The number of nitrogens with zero attached hydrogens (tertiary/aromatic N) is 1. The van der Waals surface area contributed by atoms with E-state index in [4.69, 9.17) is 11.6 Å². The van der Waals surface area contributed by atoms with Crippen LogP contribution in [0.4, 0.5) is 5.69 Å². The summed E-state index contributed by atoms with van der Waals surface area (Å²) in [6, 6.07) is 8.11. The first-order chi connectivity index (χ1) is 9.79. The molecule has 1 fully saturated rings. The van der Waals surface area contributed by atoms with Crippen LogP contribution in [0.2, 0.25) is 0 Å². The number of alkyl halides is 1. The van der Waals surface area contributed by atoms with E-state index < -0.39 is 0 Å². The third-order valence-corrected chi connectivity index (χ3v) is 3.94. The molecule has 1 N–H and O–H groups in total. The first-order valence-corrected chi connectivity index (χ1v) is 7.99. The Kier molecular flexibility index (Phi) is 6.34. The van der Waals surface area contributed by atoms with Crippen molar-refractivity contribution in [2.24, 2.45) is 0 Å². The monoisotopic (exact) mass is 294 g/mol. The zero-order chi connectivity index (χ0) is 14.2. The summed E-state index contributed by atoms with van der Waals surface area (Å²) in [5.74, 6) is 0.711. The normalized spacial score (nSPS) is 15.4. The van der Waals surface area contributed by atoms with Crippen molar-refractivity contribution in [3.63, 3.8) is 0 Å². The molecule has 110 valence electrons. The van der Waals surface area contributed by atoms with E-state index in [2.05, 4.69) is 16.3 Å². The predicted octanol–water partition coefficient (Wildman–Crippen LogP) is 3.63. The molecule has 1 saturated heterocycles. The van der Waals surface area contributed by atoms with Crippen LogP contribution in [0.3, 0.4) is 0 Å². The Morgan fingerprint density at radius 3 is 2.70 bits per heavy atom. The molecular weight excluding hydrogens is 272 g/mol. The van der Waals surface area contributed by atoms with E-state index in [1.54, 1.807) is 0 Å². The zero-order valence-electron chi connectivity index (χ0n) is 11.9. The molecule has 0 atom stereocenters. The highest BCUT2D eigenvalue weighted by atomic mass is 35.5. The van der Waals surface area contributed by atoms with Gasteiger partial charge in [0.2, 0.25) is 5.91 Å². The number of halogens is 1. The van der Waals surface area contributed by atoms with Crippen molar-refractivity contribution in [3.05, 3.63) is 29.8 Å². The van der Waals surface area contributed by atoms with Gasteiger partial charge in [-0.2, -0.15) is 0 Å². The lowest BCUT2D eigenvalue weighted by atomic mass is 10.1. The smallest absolute Gasteiger partial charge is 0.224 e. The van der Waals surface area contributed by atoms with Gasteiger partial charge in [0, 0.05) is 24.5 Å². The molecule has 1 amide bonds. The van der Waals surface area contributed by atoms with E-state index >= 15 is 0 Å². The molecule has 0 spiro atoms. The lowest BCUT2D eigenvalue weighted by molar-refractivity contribution is -0.116. The second-order valence-corrected chi connectivity index (χ2v) is 5.71. The number of carbonyl (C=O) groups excluding carboxylic acids is 1. The largest absolute Gasteiger partial charge is 0.326 e. The number of unbranched alkanes of at least 4 members (excludes halogenated alkanes) is 1. The van der Waals surface area contributed by atoms with Gasteiger partial charge in [0.15, 0.2) is 0 Å². The predicted molar refractivity (Wildman–Crippen MR) is 84.2 cm³/mol. The van der Waals surface area contributed by atoms with E-state index in [0.29, 0.717) is 12.3 Å². The molecular formula is C16H23ClN2O.